The minimum absolute atomic E-state index is 0.0252. The Hall–Kier alpha value is -2.06. The summed E-state index contributed by atoms with van der Waals surface area (Å²) in [6.45, 7) is 2.90. The Labute approximate surface area is 159 Å². The van der Waals surface area contributed by atoms with Crippen molar-refractivity contribution in [1.82, 2.24) is 9.47 Å². The van der Waals surface area contributed by atoms with Gasteiger partial charge in [0.05, 0.1) is 16.8 Å². The number of fused-ring (bicyclic) bond motifs is 1. The summed E-state index contributed by atoms with van der Waals surface area (Å²) in [4.78, 5) is 37.6. The second-order valence-corrected chi connectivity index (χ2v) is 7.38. The van der Waals surface area contributed by atoms with E-state index in [1.807, 2.05) is 0 Å². The van der Waals surface area contributed by atoms with Crippen LogP contribution in [-0.2, 0) is 20.8 Å². The Morgan fingerprint density at radius 2 is 2.04 bits per heavy atom. The normalized spacial score (nSPS) is 15.2. The highest BCUT2D eigenvalue weighted by Crippen LogP contribution is 2.22. The van der Waals surface area contributed by atoms with Crippen molar-refractivity contribution in [3.63, 3.8) is 0 Å². The fraction of sp³-hybridized carbons (Fsp3) is 0.471. The number of thiazole rings is 1. The van der Waals surface area contributed by atoms with Crippen LogP contribution < -0.4 is 4.87 Å². The van der Waals surface area contributed by atoms with Crippen LogP contribution in [0.4, 0.5) is 4.79 Å². The molecule has 7 nitrogen and oxygen atoms in total. The quantitative estimate of drug-likeness (QED) is 0.740. The van der Waals surface area contributed by atoms with Crippen molar-refractivity contribution in [2.75, 3.05) is 19.7 Å². The summed E-state index contributed by atoms with van der Waals surface area (Å²) in [6, 6.07) is 5.20. The van der Waals surface area contributed by atoms with Crippen LogP contribution >= 0.6 is 22.9 Å². The van der Waals surface area contributed by atoms with Gasteiger partial charge in [-0.05, 0) is 25.1 Å². The molecule has 1 aromatic heterocycles. The van der Waals surface area contributed by atoms with E-state index in [-0.39, 0.29) is 30.0 Å². The van der Waals surface area contributed by atoms with E-state index in [4.69, 9.17) is 21.1 Å². The number of amides is 1. The number of rotatable bonds is 4. The van der Waals surface area contributed by atoms with Crippen molar-refractivity contribution < 1.29 is 19.1 Å². The molecule has 9 heteroatoms. The number of aromatic nitrogens is 1. The van der Waals surface area contributed by atoms with Crippen LogP contribution in [0.3, 0.4) is 0 Å². The van der Waals surface area contributed by atoms with Crippen molar-refractivity contribution in [1.29, 1.82) is 0 Å². The third-order valence-corrected chi connectivity index (χ3v) is 5.44. The standard InChI is InChI=1S/C17H19ClN2O5S/c1-2-24-17(23)25-12-5-7-19(8-6-12)15(21)10-20-13-9-11(18)3-4-14(13)26-16(20)22/h3-4,9,12H,2,5-8,10H2,1H3. The maximum atomic E-state index is 12.6. The number of nitrogens with zero attached hydrogens (tertiary/aromatic N) is 2. The molecule has 2 aromatic rings. The molecule has 1 amide bonds. The summed E-state index contributed by atoms with van der Waals surface area (Å²) in [6.07, 6.45) is 0.178. The Morgan fingerprint density at radius 1 is 1.31 bits per heavy atom. The molecule has 0 spiro atoms. The number of benzene rings is 1. The van der Waals surface area contributed by atoms with Crippen molar-refractivity contribution in [2.45, 2.75) is 32.4 Å². The number of carbonyl (C=O) groups excluding carboxylic acids is 2. The van der Waals surface area contributed by atoms with Gasteiger partial charge in [0.25, 0.3) is 0 Å². The Morgan fingerprint density at radius 3 is 2.73 bits per heavy atom. The monoisotopic (exact) mass is 398 g/mol. The molecular weight excluding hydrogens is 380 g/mol. The molecule has 0 N–H and O–H groups in total. The second-order valence-electron chi connectivity index (χ2n) is 5.95. The lowest BCUT2D eigenvalue weighted by molar-refractivity contribution is -0.134. The molecule has 0 atom stereocenters. The van der Waals surface area contributed by atoms with E-state index in [1.165, 1.54) is 4.57 Å². The first-order valence-electron chi connectivity index (χ1n) is 8.38. The van der Waals surface area contributed by atoms with E-state index in [9.17, 15) is 14.4 Å². The predicted molar refractivity (Wildman–Crippen MR) is 98.8 cm³/mol. The number of hydrogen-bond acceptors (Lipinski definition) is 6. The van der Waals surface area contributed by atoms with Gasteiger partial charge in [-0.2, -0.15) is 0 Å². The molecule has 140 valence electrons. The van der Waals surface area contributed by atoms with Crippen molar-refractivity contribution in [3.8, 4) is 0 Å². The van der Waals surface area contributed by atoms with Crippen LogP contribution in [0, 0.1) is 0 Å². The van der Waals surface area contributed by atoms with E-state index in [2.05, 4.69) is 0 Å². The average molecular weight is 399 g/mol. The summed E-state index contributed by atoms with van der Waals surface area (Å²) in [5, 5.41) is 0.522. The molecule has 0 radical (unpaired) electrons. The summed E-state index contributed by atoms with van der Waals surface area (Å²) >= 11 is 7.10. The molecule has 0 unspecified atom stereocenters. The first-order chi connectivity index (χ1) is 12.5. The van der Waals surface area contributed by atoms with E-state index >= 15 is 0 Å². The van der Waals surface area contributed by atoms with Gasteiger partial charge in [-0.3, -0.25) is 14.2 Å². The lowest BCUT2D eigenvalue weighted by Gasteiger charge is -2.31. The minimum Gasteiger partial charge on any atom is -0.435 e. The van der Waals surface area contributed by atoms with E-state index < -0.39 is 6.16 Å². The lowest BCUT2D eigenvalue weighted by Crippen LogP contribution is -2.43. The zero-order chi connectivity index (χ0) is 18.7. The van der Waals surface area contributed by atoms with Crippen molar-refractivity contribution in [2.24, 2.45) is 0 Å². The molecular formula is C17H19ClN2O5S. The smallest absolute Gasteiger partial charge is 0.435 e. The molecule has 0 aliphatic carbocycles. The third kappa shape index (κ3) is 4.19. The number of piperidine rings is 1. The van der Waals surface area contributed by atoms with Crippen LogP contribution in [0.15, 0.2) is 23.0 Å². The first-order valence-corrected chi connectivity index (χ1v) is 9.57. The Kier molecular flexibility index (Phi) is 5.83. The van der Waals surface area contributed by atoms with E-state index in [1.54, 1.807) is 30.0 Å². The highest BCUT2D eigenvalue weighted by atomic mass is 35.5. The van der Waals surface area contributed by atoms with Gasteiger partial charge in [0.1, 0.15) is 12.6 Å². The fourth-order valence-corrected chi connectivity index (χ4v) is 3.97. The second kappa shape index (κ2) is 8.09. The maximum Gasteiger partial charge on any atom is 0.508 e. The predicted octanol–water partition coefficient (Wildman–Crippen LogP) is 2.88. The lowest BCUT2D eigenvalue weighted by atomic mass is 10.1. The highest BCUT2D eigenvalue weighted by Gasteiger charge is 2.26. The minimum atomic E-state index is -0.676. The molecule has 0 bridgehead atoms. The molecule has 1 aliphatic rings. The molecule has 2 heterocycles. The van der Waals surface area contributed by atoms with Gasteiger partial charge in [-0.1, -0.05) is 22.9 Å². The highest BCUT2D eigenvalue weighted by molar-refractivity contribution is 7.16. The number of likely N-dealkylation sites (tertiary alicyclic amines) is 1. The van der Waals surface area contributed by atoms with Gasteiger partial charge >= 0.3 is 11.0 Å². The molecule has 1 fully saturated rings. The first kappa shape index (κ1) is 18.7. The topological polar surface area (TPSA) is 77.8 Å². The molecule has 3 rings (SSSR count). The number of carbonyl (C=O) groups is 2. The van der Waals surface area contributed by atoms with Gasteiger partial charge in [0.2, 0.25) is 5.91 Å². The number of halogens is 1. The summed E-state index contributed by atoms with van der Waals surface area (Å²) in [5.74, 6) is -0.138. The van der Waals surface area contributed by atoms with Gasteiger partial charge in [0.15, 0.2) is 0 Å². The molecule has 1 aliphatic heterocycles. The van der Waals surface area contributed by atoms with Crippen LogP contribution in [0.25, 0.3) is 10.2 Å². The van der Waals surface area contributed by atoms with Crippen molar-refractivity contribution in [3.05, 3.63) is 32.9 Å². The SMILES string of the molecule is CCOC(=O)OC1CCN(C(=O)Cn2c(=O)sc3ccc(Cl)cc32)CC1. The van der Waals surface area contributed by atoms with E-state index in [0.29, 0.717) is 36.5 Å². The summed E-state index contributed by atoms with van der Waals surface area (Å²) < 4.78 is 12.2. The van der Waals surface area contributed by atoms with Crippen LogP contribution in [-0.4, -0.2) is 47.3 Å². The van der Waals surface area contributed by atoms with Crippen molar-refractivity contribution >= 4 is 45.2 Å². The van der Waals surface area contributed by atoms with Gasteiger partial charge in [-0.15, -0.1) is 0 Å². The van der Waals surface area contributed by atoms with Crippen LogP contribution in [0.5, 0.6) is 0 Å². The van der Waals surface area contributed by atoms with Gasteiger partial charge in [-0.25, -0.2) is 4.79 Å². The zero-order valence-electron chi connectivity index (χ0n) is 14.3. The molecule has 0 saturated carbocycles. The molecule has 26 heavy (non-hydrogen) atoms. The Bertz CT molecular complexity index is 870. The van der Waals surface area contributed by atoms with Crippen LogP contribution in [0.2, 0.25) is 5.02 Å². The van der Waals surface area contributed by atoms with E-state index in [0.717, 1.165) is 16.0 Å². The summed E-state index contributed by atoms with van der Waals surface area (Å²) in [7, 11) is 0. The Balaban J connectivity index is 1.62. The molecule has 1 aromatic carbocycles. The average Bonchev–Trinajstić information content (AvgIpc) is 2.91. The molecule has 1 saturated heterocycles. The van der Waals surface area contributed by atoms with Gasteiger partial charge < -0.3 is 14.4 Å². The zero-order valence-corrected chi connectivity index (χ0v) is 15.8. The largest absolute Gasteiger partial charge is 0.508 e. The van der Waals surface area contributed by atoms with Gasteiger partial charge in [0, 0.05) is 31.0 Å². The number of ether oxygens (including phenoxy) is 2. The maximum absolute atomic E-state index is 12.6. The number of hydrogen-bond donors (Lipinski definition) is 0. The fourth-order valence-electron chi connectivity index (χ4n) is 2.93. The summed E-state index contributed by atoms with van der Waals surface area (Å²) in [5.41, 5.74) is 0.668. The third-order valence-electron chi connectivity index (χ3n) is 4.24. The van der Waals surface area contributed by atoms with Crippen LogP contribution in [0.1, 0.15) is 19.8 Å².